The molecule has 0 saturated carbocycles. The van der Waals surface area contributed by atoms with E-state index in [1.165, 1.54) is 13.8 Å². The Balaban J connectivity index is 2.28. The smallest absolute Gasteiger partial charge is 0.330 e. The van der Waals surface area contributed by atoms with Gasteiger partial charge in [0.15, 0.2) is 5.78 Å². The lowest BCUT2D eigenvalue weighted by molar-refractivity contribution is -0.147. The Morgan fingerprint density at radius 3 is 2.28 bits per heavy atom. The molecule has 1 aromatic rings. The van der Waals surface area contributed by atoms with Crippen molar-refractivity contribution >= 4 is 17.7 Å². The molecule has 0 saturated heterocycles. The molecule has 1 rings (SSSR count). The van der Waals surface area contributed by atoms with E-state index in [0.29, 0.717) is 11.3 Å². The zero-order valence-electron chi connectivity index (χ0n) is 14.3. The number of Topliss-reactive ketones (excluding diaryl/α,β-unsaturated/α-hetero) is 1. The predicted molar refractivity (Wildman–Crippen MR) is 89.3 cm³/mol. The van der Waals surface area contributed by atoms with Crippen LogP contribution in [0.3, 0.4) is 0 Å². The molecular formula is C18H22O7. The fourth-order valence-electron chi connectivity index (χ4n) is 1.74. The molecule has 0 bridgehead atoms. The lowest BCUT2D eigenvalue weighted by Gasteiger charge is -2.15. The SMILES string of the molecule is C=CC(=O)OCCC(=O)OCCOc1ccc(C(=O)C(C)(C)O)cc1. The first kappa shape index (κ1) is 20.4. The molecule has 0 aliphatic rings. The second kappa shape index (κ2) is 9.58. The summed E-state index contributed by atoms with van der Waals surface area (Å²) in [5, 5.41) is 9.68. The molecule has 0 aliphatic heterocycles. The number of carbonyl (C=O) groups is 3. The first-order chi connectivity index (χ1) is 11.7. The molecule has 0 unspecified atom stereocenters. The molecule has 1 aromatic carbocycles. The lowest BCUT2D eigenvalue weighted by Crippen LogP contribution is -2.30. The van der Waals surface area contributed by atoms with Gasteiger partial charge in [0.05, 0.1) is 6.42 Å². The van der Waals surface area contributed by atoms with Gasteiger partial charge in [-0.15, -0.1) is 0 Å². The molecule has 0 atom stereocenters. The highest BCUT2D eigenvalue weighted by Gasteiger charge is 2.24. The van der Waals surface area contributed by atoms with Gasteiger partial charge in [-0.2, -0.15) is 0 Å². The predicted octanol–water partition coefficient (Wildman–Crippen LogP) is 1.68. The highest BCUT2D eigenvalue weighted by molar-refractivity contribution is 6.01. The normalized spacial score (nSPS) is 10.7. The summed E-state index contributed by atoms with van der Waals surface area (Å²) in [6, 6.07) is 6.29. The van der Waals surface area contributed by atoms with Gasteiger partial charge in [-0.1, -0.05) is 6.58 Å². The van der Waals surface area contributed by atoms with E-state index in [0.717, 1.165) is 6.08 Å². The molecule has 25 heavy (non-hydrogen) atoms. The number of hydrogen-bond donors (Lipinski definition) is 1. The Hall–Kier alpha value is -2.67. The van der Waals surface area contributed by atoms with E-state index in [9.17, 15) is 19.5 Å². The van der Waals surface area contributed by atoms with E-state index >= 15 is 0 Å². The minimum Gasteiger partial charge on any atom is -0.490 e. The fourth-order valence-corrected chi connectivity index (χ4v) is 1.74. The van der Waals surface area contributed by atoms with Crippen LogP contribution < -0.4 is 4.74 Å². The zero-order valence-corrected chi connectivity index (χ0v) is 14.3. The fraction of sp³-hybridized carbons (Fsp3) is 0.389. The number of hydrogen-bond acceptors (Lipinski definition) is 7. The largest absolute Gasteiger partial charge is 0.490 e. The molecule has 0 fully saturated rings. The molecular weight excluding hydrogens is 328 g/mol. The van der Waals surface area contributed by atoms with Crippen molar-refractivity contribution in [3.05, 3.63) is 42.5 Å². The number of ether oxygens (including phenoxy) is 3. The monoisotopic (exact) mass is 350 g/mol. The van der Waals surface area contributed by atoms with Crippen molar-refractivity contribution in [3.8, 4) is 5.75 Å². The average Bonchev–Trinajstić information content (AvgIpc) is 2.57. The first-order valence-corrected chi connectivity index (χ1v) is 7.69. The van der Waals surface area contributed by atoms with Crippen molar-refractivity contribution in [2.45, 2.75) is 25.9 Å². The van der Waals surface area contributed by atoms with Gasteiger partial charge in [0.25, 0.3) is 0 Å². The van der Waals surface area contributed by atoms with E-state index < -0.39 is 17.5 Å². The van der Waals surface area contributed by atoms with Crippen molar-refractivity contribution in [3.63, 3.8) is 0 Å². The van der Waals surface area contributed by atoms with E-state index in [1.807, 2.05) is 0 Å². The van der Waals surface area contributed by atoms with Gasteiger partial charge in [0, 0.05) is 11.6 Å². The Kier molecular flexibility index (Phi) is 7.81. The molecule has 0 aliphatic carbocycles. The van der Waals surface area contributed by atoms with Gasteiger partial charge in [-0.05, 0) is 38.1 Å². The molecule has 7 heteroatoms. The summed E-state index contributed by atoms with van der Waals surface area (Å²) in [6.45, 7) is 6.19. The van der Waals surface area contributed by atoms with Crippen LogP contribution in [0.5, 0.6) is 5.75 Å². The molecule has 0 heterocycles. The second-order valence-electron chi connectivity index (χ2n) is 5.60. The lowest BCUT2D eigenvalue weighted by atomic mass is 9.97. The number of carbonyl (C=O) groups excluding carboxylic acids is 3. The molecule has 0 spiro atoms. The number of ketones is 1. The van der Waals surface area contributed by atoms with Crippen molar-refractivity contribution in [2.75, 3.05) is 19.8 Å². The summed E-state index contributed by atoms with van der Waals surface area (Å²) >= 11 is 0. The second-order valence-corrected chi connectivity index (χ2v) is 5.60. The topological polar surface area (TPSA) is 99.1 Å². The maximum Gasteiger partial charge on any atom is 0.330 e. The van der Waals surface area contributed by atoms with Crippen LogP contribution in [0.2, 0.25) is 0 Å². The van der Waals surface area contributed by atoms with Crippen molar-refractivity contribution < 1.29 is 33.7 Å². The molecule has 0 amide bonds. The number of rotatable bonds is 10. The van der Waals surface area contributed by atoms with Gasteiger partial charge < -0.3 is 19.3 Å². The van der Waals surface area contributed by atoms with Crippen molar-refractivity contribution in [1.82, 2.24) is 0 Å². The van der Waals surface area contributed by atoms with E-state index in [4.69, 9.17) is 9.47 Å². The summed E-state index contributed by atoms with van der Waals surface area (Å²) in [6.07, 6.45) is 0.965. The highest BCUT2D eigenvalue weighted by atomic mass is 16.6. The molecule has 136 valence electrons. The van der Waals surface area contributed by atoms with E-state index in [-0.39, 0.29) is 32.0 Å². The van der Waals surface area contributed by atoms with E-state index in [2.05, 4.69) is 11.3 Å². The third kappa shape index (κ3) is 7.63. The van der Waals surface area contributed by atoms with Gasteiger partial charge in [0.1, 0.15) is 31.2 Å². The zero-order chi connectivity index (χ0) is 18.9. The summed E-state index contributed by atoms with van der Waals surface area (Å²) in [7, 11) is 0. The Morgan fingerprint density at radius 2 is 1.72 bits per heavy atom. The summed E-state index contributed by atoms with van der Waals surface area (Å²) in [5.74, 6) is -0.984. The van der Waals surface area contributed by atoms with Crippen LogP contribution in [0.4, 0.5) is 0 Å². The minimum atomic E-state index is -1.43. The number of aliphatic hydroxyl groups is 1. The highest BCUT2D eigenvalue weighted by Crippen LogP contribution is 2.17. The van der Waals surface area contributed by atoms with Crippen LogP contribution in [0.25, 0.3) is 0 Å². The third-order valence-electron chi connectivity index (χ3n) is 3.00. The third-order valence-corrected chi connectivity index (χ3v) is 3.00. The van der Waals surface area contributed by atoms with Crippen molar-refractivity contribution in [1.29, 1.82) is 0 Å². The maximum atomic E-state index is 11.9. The summed E-state index contributed by atoms with van der Waals surface area (Å²) in [5.41, 5.74) is -1.06. The van der Waals surface area contributed by atoms with Gasteiger partial charge >= 0.3 is 11.9 Å². The average molecular weight is 350 g/mol. The van der Waals surface area contributed by atoms with Crippen LogP contribution in [-0.2, 0) is 19.1 Å². The Bertz CT molecular complexity index is 611. The van der Waals surface area contributed by atoms with Crippen molar-refractivity contribution in [2.24, 2.45) is 0 Å². The molecule has 0 aromatic heterocycles. The van der Waals surface area contributed by atoms with Gasteiger partial charge in [-0.3, -0.25) is 9.59 Å². The standard InChI is InChI=1S/C18H22O7/c1-4-15(19)24-10-9-16(20)25-12-11-23-14-7-5-13(6-8-14)17(21)18(2,3)22/h4-8,22H,1,9-12H2,2-3H3. The Morgan fingerprint density at radius 1 is 1.08 bits per heavy atom. The van der Waals surface area contributed by atoms with Crippen LogP contribution >= 0.6 is 0 Å². The van der Waals surface area contributed by atoms with Crippen LogP contribution in [-0.4, -0.2) is 48.3 Å². The van der Waals surface area contributed by atoms with E-state index in [1.54, 1.807) is 24.3 Å². The maximum absolute atomic E-state index is 11.9. The first-order valence-electron chi connectivity index (χ1n) is 7.69. The number of benzene rings is 1. The molecule has 7 nitrogen and oxygen atoms in total. The van der Waals surface area contributed by atoms with Crippen LogP contribution in [0.15, 0.2) is 36.9 Å². The number of esters is 2. The summed E-state index contributed by atoms with van der Waals surface area (Å²) < 4.78 is 15.0. The minimum absolute atomic E-state index is 0.0403. The van der Waals surface area contributed by atoms with Gasteiger partial charge in [-0.25, -0.2) is 4.79 Å². The summed E-state index contributed by atoms with van der Waals surface area (Å²) in [4.78, 5) is 34.0. The quantitative estimate of drug-likeness (QED) is 0.297. The molecule has 1 N–H and O–H groups in total. The van der Waals surface area contributed by atoms with Crippen LogP contribution in [0, 0.1) is 0 Å². The Labute approximate surface area is 146 Å². The molecule has 0 radical (unpaired) electrons. The van der Waals surface area contributed by atoms with Gasteiger partial charge in [0.2, 0.25) is 0 Å². The van der Waals surface area contributed by atoms with Crippen LogP contribution in [0.1, 0.15) is 30.6 Å².